The van der Waals surface area contributed by atoms with E-state index >= 15 is 0 Å². The Hall–Kier alpha value is -2.85. The molecule has 1 heterocycles. The number of carbonyl (C=O) groups is 2. The molecule has 178 valence electrons. The van der Waals surface area contributed by atoms with Gasteiger partial charge in [-0.25, -0.2) is 18.4 Å². The van der Waals surface area contributed by atoms with E-state index in [1.807, 2.05) is 0 Å². The van der Waals surface area contributed by atoms with E-state index in [0.29, 0.717) is 17.2 Å². The molecule has 0 saturated heterocycles. The molecule has 1 N–H and O–H groups in total. The van der Waals surface area contributed by atoms with Crippen LogP contribution in [0.1, 0.15) is 49.2 Å². The number of aromatic nitrogens is 2. The zero-order valence-electron chi connectivity index (χ0n) is 19.5. The van der Waals surface area contributed by atoms with E-state index in [0.717, 1.165) is 29.6 Å². The number of carbonyl (C=O) groups excluding carboxylic acids is 2. The molecule has 0 radical (unpaired) electrons. The van der Waals surface area contributed by atoms with Gasteiger partial charge >= 0.3 is 0 Å². The van der Waals surface area contributed by atoms with Crippen LogP contribution in [-0.4, -0.2) is 61.1 Å². The number of likely N-dealkylation sites (N-methyl/N-ethyl adjacent to an activating group) is 1. The lowest BCUT2D eigenvalue weighted by Crippen LogP contribution is -2.31. The van der Waals surface area contributed by atoms with Gasteiger partial charge in [-0.3, -0.25) is 9.59 Å². The van der Waals surface area contributed by atoms with Crippen LogP contribution >= 0.6 is 0 Å². The van der Waals surface area contributed by atoms with Gasteiger partial charge in [0, 0.05) is 31.9 Å². The summed E-state index contributed by atoms with van der Waals surface area (Å²) >= 11 is 0. The van der Waals surface area contributed by atoms with Gasteiger partial charge < -0.3 is 10.2 Å². The second-order valence-electron chi connectivity index (χ2n) is 8.54. The Morgan fingerprint density at radius 2 is 1.91 bits per heavy atom. The minimum Gasteiger partial charge on any atom is -0.356 e. The number of anilines is 2. The standard InChI is InChI=1S/C23H31N5O4S/c1-5-10-28(14-18-6-7-18)22-12-21(24-15-25-22)23(30)26-20-9-8-19(11-16(20)2)33(31,32)27(4)13-17(3)29/h8-9,11-12,15,18H,5-7,10,13-14H2,1-4H3,(H,26,30). The van der Waals surface area contributed by atoms with E-state index in [-0.39, 0.29) is 22.9 Å². The number of hydrogen-bond acceptors (Lipinski definition) is 7. The van der Waals surface area contributed by atoms with Gasteiger partial charge in [0.15, 0.2) is 0 Å². The van der Waals surface area contributed by atoms with Gasteiger partial charge in [0.2, 0.25) is 10.0 Å². The zero-order valence-corrected chi connectivity index (χ0v) is 20.4. The fourth-order valence-corrected chi connectivity index (χ4v) is 4.80. The molecule has 0 bridgehead atoms. The molecule has 9 nitrogen and oxygen atoms in total. The molecular formula is C23H31N5O4S. The number of ketones is 1. The number of aryl methyl sites for hydroxylation is 1. The maximum atomic E-state index is 12.9. The van der Waals surface area contributed by atoms with Crippen LogP contribution in [0, 0.1) is 12.8 Å². The molecule has 2 aromatic rings. The maximum absolute atomic E-state index is 12.9. The Kier molecular flexibility index (Phi) is 7.80. The van der Waals surface area contributed by atoms with Crippen molar-refractivity contribution < 1.29 is 18.0 Å². The third kappa shape index (κ3) is 6.35. The van der Waals surface area contributed by atoms with Crippen molar-refractivity contribution in [1.82, 2.24) is 14.3 Å². The lowest BCUT2D eigenvalue weighted by molar-refractivity contribution is -0.117. The van der Waals surface area contributed by atoms with E-state index in [1.165, 1.54) is 45.3 Å². The van der Waals surface area contributed by atoms with Crippen LogP contribution < -0.4 is 10.2 Å². The van der Waals surface area contributed by atoms with Gasteiger partial charge in [0.05, 0.1) is 11.4 Å². The molecule has 0 spiro atoms. The van der Waals surface area contributed by atoms with Gasteiger partial charge in [0.25, 0.3) is 5.91 Å². The number of hydrogen-bond donors (Lipinski definition) is 1. The Morgan fingerprint density at radius 3 is 2.52 bits per heavy atom. The molecule has 3 rings (SSSR count). The first-order valence-electron chi connectivity index (χ1n) is 11.1. The number of Topliss-reactive ketones (excluding diaryl/α,β-unsaturated/α-hetero) is 1. The van der Waals surface area contributed by atoms with Gasteiger partial charge in [-0.1, -0.05) is 6.92 Å². The van der Waals surface area contributed by atoms with E-state index in [1.54, 1.807) is 19.1 Å². The molecule has 10 heteroatoms. The summed E-state index contributed by atoms with van der Waals surface area (Å²) in [5, 5.41) is 2.81. The molecule has 1 aromatic carbocycles. The average molecular weight is 474 g/mol. The maximum Gasteiger partial charge on any atom is 0.274 e. The van der Waals surface area contributed by atoms with Crippen LogP contribution in [0.4, 0.5) is 11.5 Å². The van der Waals surface area contributed by atoms with Crippen molar-refractivity contribution in [3.8, 4) is 0 Å². The fourth-order valence-electron chi connectivity index (χ4n) is 3.53. The summed E-state index contributed by atoms with van der Waals surface area (Å²) in [6.07, 6.45) is 4.84. The summed E-state index contributed by atoms with van der Waals surface area (Å²) in [7, 11) is -2.45. The van der Waals surface area contributed by atoms with E-state index < -0.39 is 15.9 Å². The first-order valence-corrected chi connectivity index (χ1v) is 12.5. The smallest absolute Gasteiger partial charge is 0.274 e. The summed E-state index contributed by atoms with van der Waals surface area (Å²) < 4.78 is 26.4. The van der Waals surface area contributed by atoms with Crippen molar-refractivity contribution in [2.45, 2.75) is 44.9 Å². The Bertz CT molecular complexity index is 1130. The molecule has 0 unspecified atom stereocenters. The summed E-state index contributed by atoms with van der Waals surface area (Å²) in [4.78, 5) is 34.9. The predicted octanol–water partition coefficient (Wildman–Crippen LogP) is 2.87. The zero-order chi connectivity index (χ0) is 24.2. The highest BCUT2D eigenvalue weighted by Crippen LogP contribution is 2.31. The highest BCUT2D eigenvalue weighted by Gasteiger charge is 2.25. The lowest BCUT2D eigenvalue weighted by Gasteiger charge is -2.23. The van der Waals surface area contributed by atoms with Crippen molar-refractivity contribution >= 4 is 33.2 Å². The average Bonchev–Trinajstić information content (AvgIpc) is 3.58. The fraction of sp³-hybridized carbons (Fsp3) is 0.478. The normalized spacial score (nSPS) is 13.7. The number of sulfonamides is 1. The molecular weight excluding hydrogens is 442 g/mol. The van der Waals surface area contributed by atoms with Crippen LogP contribution in [-0.2, 0) is 14.8 Å². The van der Waals surface area contributed by atoms with Crippen LogP contribution in [0.3, 0.4) is 0 Å². The number of nitrogens with zero attached hydrogens (tertiary/aromatic N) is 4. The third-order valence-corrected chi connectivity index (χ3v) is 7.28. The van der Waals surface area contributed by atoms with Gasteiger partial charge in [-0.2, -0.15) is 4.31 Å². The quantitative estimate of drug-likeness (QED) is 0.534. The lowest BCUT2D eigenvalue weighted by atomic mass is 10.2. The number of nitrogens with one attached hydrogen (secondary N) is 1. The van der Waals surface area contributed by atoms with Crippen molar-refractivity contribution in [3.63, 3.8) is 0 Å². The van der Waals surface area contributed by atoms with E-state index in [9.17, 15) is 18.0 Å². The number of amides is 1. The highest BCUT2D eigenvalue weighted by atomic mass is 32.2. The van der Waals surface area contributed by atoms with Gasteiger partial charge in [-0.15, -0.1) is 0 Å². The largest absolute Gasteiger partial charge is 0.356 e. The minimum atomic E-state index is -3.81. The Morgan fingerprint density at radius 1 is 1.18 bits per heavy atom. The Balaban J connectivity index is 1.76. The van der Waals surface area contributed by atoms with Crippen molar-refractivity contribution in [2.24, 2.45) is 5.92 Å². The molecule has 1 fully saturated rings. The van der Waals surface area contributed by atoms with E-state index in [4.69, 9.17) is 0 Å². The number of rotatable bonds is 11. The summed E-state index contributed by atoms with van der Waals surface area (Å²) in [6, 6.07) is 6.13. The van der Waals surface area contributed by atoms with E-state index in [2.05, 4.69) is 27.1 Å². The molecule has 1 aliphatic rings. The van der Waals surface area contributed by atoms with Crippen molar-refractivity contribution in [1.29, 1.82) is 0 Å². The van der Waals surface area contributed by atoms with Crippen LogP contribution in [0.2, 0.25) is 0 Å². The first kappa shape index (κ1) is 24.8. The monoisotopic (exact) mass is 473 g/mol. The topological polar surface area (TPSA) is 113 Å². The van der Waals surface area contributed by atoms with Crippen LogP contribution in [0.25, 0.3) is 0 Å². The molecule has 33 heavy (non-hydrogen) atoms. The summed E-state index contributed by atoms with van der Waals surface area (Å²) in [5.41, 5.74) is 1.31. The molecule has 1 aromatic heterocycles. The SMILES string of the molecule is CCCN(CC1CC1)c1cc(C(=O)Nc2ccc(S(=O)(=O)N(C)CC(C)=O)cc2C)ncn1. The molecule has 1 amide bonds. The van der Waals surface area contributed by atoms with Gasteiger partial charge in [-0.05, 0) is 62.8 Å². The summed E-state index contributed by atoms with van der Waals surface area (Å²) in [5.74, 6) is 0.778. The highest BCUT2D eigenvalue weighted by molar-refractivity contribution is 7.89. The van der Waals surface area contributed by atoms with Gasteiger partial charge in [0.1, 0.15) is 23.6 Å². The summed E-state index contributed by atoms with van der Waals surface area (Å²) in [6.45, 7) is 6.75. The minimum absolute atomic E-state index is 0.0568. The molecule has 1 saturated carbocycles. The second-order valence-corrected chi connectivity index (χ2v) is 10.6. The molecule has 0 atom stereocenters. The second kappa shape index (κ2) is 10.4. The van der Waals surface area contributed by atoms with Crippen LogP contribution in [0.5, 0.6) is 0 Å². The number of benzene rings is 1. The molecule has 0 aliphatic heterocycles. The van der Waals surface area contributed by atoms with Crippen molar-refractivity contribution in [3.05, 3.63) is 41.9 Å². The van der Waals surface area contributed by atoms with Crippen molar-refractivity contribution in [2.75, 3.05) is 36.9 Å². The third-order valence-electron chi connectivity index (χ3n) is 5.48. The first-order chi connectivity index (χ1) is 15.6. The van der Waals surface area contributed by atoms with Crippen LogP contribution in [0.15, 0.2) is 35.5 Å². The molecule has 1 aliphatic carbocycles. The predicted molar refractivity (Wildman–Crippen MR) is 127 cm³/mol. The Labute approximate surface area is 195 Å².